The van der Waals surface area contributed by atoms with Crippen LogP contribution in [0.4, 0.5) is 5.69 Å². The molecule has 3 heteroatoms. The Morgan fingerprint density at radius 3 is 2.85 bits per heavy atom. The first-order valence-electron chi connectivity index (χ1n) is 8.03. The van der Waals surface area contributed by atoms with Crippen molar-refractivity contribution in [2.75, 3.05) is 24.5 Å². The fraction of sp³-hybridized carbons (Fsp3) is 0.647. The Hall–Kier alpha value is -1.06. The summed E-state index contributed by atoms with van der Waals surface area (Å²) in [6.45, 7) is 5.52. The zero-order valence-electron chi connectivity index (χ0n) is 12.4. The minimum atomic E-state index is -0.0428. The summed E-state index contributed by atoms with van der Waals surface area (Å²) in [5, 5.41) is 13.1. The number of hydrogen-bond acceptors (Lipinski definition) is 3. The summed E-state index contributed by atoms with van der Waals surface area (Å²) in [6.07, 6.45) is 4.36. The second kappa shape index (κ2) is 6.15. The van der Waals surface area contributed by atoms with Gasteiger partial charge in [-0.05, 0) is 56.7 Å². The zero-order valence-corrected chi connectivity index (χ0v) is 12.4. The van der Waals surface area contributed by atoms with Gasteiger partial charge in [0.2, 0.25) is 0 Å². The van der Waals surface area contributed by atoms with Gasteiger partial charge in [-0.15, -0.1) is 0 Å². The van der Waals surface area contributed by atoms with E-state index in [0.29, 0.717) is 12.0 Å². The first kappa shape index (κ1) is 13.9. The van der Waals surface area contributed by atoms with Crippen LogP contribution in [0.15, 0.2) is 24.3 Å². The Morgan fingerprint density at radius 2 is 2.10 bits per heavy atom. The molecule has 2 aliphatic rings. The van der Waals surface area contributed by atoms with Crippen LogP contribution in [0.5, 0.6) is 0 Å². The summed E-state index contributed by atoms with van der Waals surface area (Å²) >= 11 is 0. The second-order valence-electron chi connectivity index (χ2n) is 6.23. The van der Waals surface area contributed by atoms with Crippen LogP contribution < -0.4 is 10.2 Å². The molecule has 1 aromatic carbocycles. The maximum atomic E-state index is 9.39. The fourth-order valence-corrected chi connectivity index (χ4v) is 3.55. The molecule has 1 aromatic rings. The van der Waals surface area contributed by atoms with Crippen LogP contribution in [-0.4, -0.2) is 30.8 Å². The van der Waals surface area contributed by atoms with Gasteiger partial charge in [0.05, 0.1) is 6.10 Å². The van der Waals surface area contributed by atoms with E-state index in [-0.39, 0.29) is 6.10 Å². The van der Waals surface area contributed by atoms with Gasteiger partial charge in [0.25, 0.3) is 0 Å². The maximum absolute atomic E-state index is 9.39. The van der Waals surface area contributed by atoms with Gasteiger partial charge >= 0.3 is 0 Å². The normalized spacial score (nSPS) is 29.5. The van der Waals surface area contributed by atoms with Gasteiger partial charge in [-0.1, -0.05) is 18.2 Å². The van der Waals surface area contributed by atoms with E-state index >= 15 is 0 Å². The molecule has 110 valence electrons. The highest BCUT2D eigenvalue weighted by Crippen LogP contribution is 2.34. The van der Waals surface area contributed by atoms with Crippen molar-refractivity contribution in [2.45, 2.75) is 44.8 Å². The molecule has 1 atom stereocenters. The summed E-state index contributed by atoms with van der Waals surface area (Å²) in [6, 6.07) is 9.30. The van der Waals surface area contributed by atoms with E-state index < -0.39 is 0 Å². The number of para-hydroxylation sites is 1. The predicted octanol–water partition coefficient (Wildman–Crippen LogP) is 2.71. The molecule has 1 unspecified atom stereocenters. The van der Waals surface area contributed by atoms with Crippen molar-refractivity contribution in [3.05, 3.63) is 29.8 Å². The van der Waals surface area contributed by atoms with Crippen molar-refractivity contribution in [3.8, 4) is 0 Å². The minimum absolute atomic E-state index is 0.0428. The zero-order chi connectivity index (χ0) is 13.9. The SMILES string of the molecule is CCN1CCCC(NCC2CC(O)C2)c2ccccc21. The van der Waals surface area contributed by atoms with Crippen LogP contribution in [0.3, 0.4) is 0 Å². The van der Waals surface area contributed by atoms with Crippen molar-refractivity contribution in [3.63, 3.8) is 0 Å². The smallest absolute Gasteiger partial charge is 0.0546 e. The minimum Gasteiger partial charge on any atom is -0.393 e. The summed E-state index contributed by atoms with van der Waals surface area (Å²) < 4.78 is 0. The third-order valence-electron chi connectivity index (χ3n) is 4.82. The van der Waals surface area contributed by atoms with Crippen molar-refractivity contribution in [1.29, 1.82) is 0 Å². The van der Waals surface area contributed by atoms with Gasteiger partial charge in [-0.25, -0.2) is 0 Å². The van der Waals surface area contributed by atoms with E-state index in [1.807, 2.05) is 0 Å². The average molecular weight is 274 g/mol. The number of hydrogen-bond donors (Lipinski definition) is 2. The molecule has 1 saturated carbocycles. The molecule has 0 amide bonds. The van der Waals surface area contributed by atoms with E-state index in [4.69, 9.17) is 0 Å². The number of benzene rings is 1. The highest BCUT2D eigenvalue weighted by molar-refractivity contribution is 5.55. The Morgan fingerprint density at radius 1 is 1.30 bits per heavy atom. The molecule has 1 aliphatic heterocycles. The Bertz CT molecular complexity index is 442. The molecular weight excluding hydrogens is 248 g/mol. The second-order valence-corrected chi connectivity index (χ2v) is 6.23. The fourth-order valence-electron chi connectivity index (χ4n) is 3.55. The van der Waals surface area contributed by atoms with E-state index in [1.165, 1.54) is 24.1 Å². The van der Waals surface area contributed by atoms with Crippen LogP contribution >= 0.6 is 0 Å². The molecule has 3 nitrogen and oxygen atoms in total. The lowest BCUT2D eigenvalue weighted by atomic mass is 9.82. The third-order valence-corrected chi connectivity index (χ3v) is 4.82. The molecular formula is C17H26N2O. The highest BCUT2D eigenvalue weighted by atomic mass is 16.3. The monoisotopic (exact) mass is 274 g/mol. The number of fused-ring (bicyclic) bond motifs is 1. The number of aliphatic hydroxyl groups excluding tert-OH is 1. The molecule has 1 fully saturated rings. The van der Waals surface area contributed by atoms with E-state index in [1.54, 1.807) is 0 Å². The molecule has 0 aromatic heterocycles. The first-order valence-corrected chi connectivity index (χ1v) is 8.03. The van der Waals surface area contributed by atoms with Crippen molar-refractivity contribution < 1.29 is 5.11 Å². The van der Waals surface area contributed by atoms with Gasteiger partial charge in [0.15, 0.2) is 0 Å². The third kappa shape index (κ3) is 2.84. The van der Waals surface area contributed by atoms with Crippen molar-refractivity contribution in [1.82, 2.24) is 5.32 Å². The molecule has 0 saturated heterocycles. The molecule has 20 heavy (non-hydrogen) atoms. The van der Waals surface area contributed by atoms with Gasteiger partial charge < -0.3 is 15.3 Å². The molecule has 1 aliphatic carbocycles. The predicted molar refractivity (Wildman–Crippen MR) is 83.0 cm³/mol. The number of nitrogens with one attached hydrogen (secondary N) is 1. The lowest BCUT2D eigenvalue weighted by Gasteiger charge is -2.33. The Balaban J connectivity index is 1.70. The summed E-state index contributed by atoms with van der Waals surface area (Å²) in [5.74, 6) is 0.669. The van der Waals surface area contributed by atoms with Crippen LogP contribution in [0, 0.1) is 5.92 Å². The quantitative estimate of drug-likeness (QED) is 0.886. The number of aliphatic hydroxyl groups is 1. The van der Waals surface area contributed by atoms with Gasteiger partial charge in [-0.2, -0.15) is 0 Å². The van der Waals surface area contributed by atoms with Gasteiger partial charge in [0.1, 0.15) is 0 Å². The summed E-state index contributed by atoms with van der Waals surface area (Å²) in [5.41, 5.74) is 2.85. The molecule has 3 rings (SSSR count). The van der Waals surface area contributed by atoms with E-state index in [9.17, 15) is 5.11 Å². The molecule has 0 radical (unpaired) electrons. The number of rotatable bonds is 4. The summed E-state index contributed by atoms with van der Waals surface area (Å²) in [4.78, 5) is 2.49. The summed E-state index contributed by atoms with van der Waals surface area (Å²) in [7, 11) is 0. The van der Waals surface area contributed by atoms with Crippen LogP contribution in [0.25, 0.3) is 0 Å². The molecule has 2 N–H and O–H groups in total. The Kier molecular flexibility index (Phi) is 4.27. The molecule has 1 heterocycles. The maximum Gasteiger partial charge on any atom is 0.0546 e. The highest BCUT2D eigenvalue weighted by Gasteiger charge is 2.28. The lowest BCUT2D eigenvalue weighted by molar-refractivity contribution is 0.0417. The van der Waals surface area contributed by atoms with Crippen LogP contribution in [0.2, 0.25) is 0 Å². The standard InChI is InChI=1S/C17H26N2O/c1-2-19-9-5-7-16(15-6-3-4-8-17(15)19)18-12-13-10-14(20)11-13/h3-4,6,8,13-14,16,18,20H,2,5,7,9-12H2,1H3. The topological polar surface area (TPSA) is 35.5 Å². The Labute approximate surface area is 122 Å². The van der Waals surface area contributed by atoms with Crippen molar-refractivity contribution >= 4 is 5.69 Å². The lowest BCUT2D eigenvalue weighted by Crippen LogP contribution is -2.37. The molecule has 0 bridgehead atoms. The van der Waals surface area contributed by atoms with Gasteiger partial charge in [-0.3, -0.25) is 0 Å². The van der Waals surface area contributed by atoms with Crippen LogP contribution in [-0.2, 0) is 0 Å². The van der Waals surface area contributed by atoms with E-state index in [0.717, 1.165) is 32.5 Å². The number of nitrogens with zero attached hydrogens (tertiary/aromatic N) is 1. The average Bonchev–Trinajstić information content (AvgIpc) is 2.62. The van der Waals surface area contributed by atoms with Crippen molar-refractivity contribution in [2.24, 2.45) is 5.92 Å². The number of anilines is 1. The first-order chi connectivity index (χ1) is 9.78. The van der Waals surface area contributed by atoms with Crippen LogP contribution in [0.1, 0.15) is 44.2 Å². The largest absolute Gasteiger partial charge is 0.393 e. The molecule has 0 spiro atoms. The van der Waals surface area contributed by atoms with E-state index in [2.05, 4.69) is 41.4 Å². The van der Waals surface area contributed by atoms with Gasteiger partial charge in [0, 0.05) is 24.8 Å².